The second kappa shape index (κ2) is 11.2. The number of benzene rings is 2. The largest absolute Gasteiger partial charge is 0.493 e. The van der Waals surface area contributed by atoms with Crippen LogP contribution in [0, 0.1) is 35.3 Å². The lowest BCUT2D eigenvalue weighted by atomic mass is 9.69. The molecule has 0 bridgehead atoms. The Morgan fingerprint density at radius 3 is 2.06 bits per heavy atom. The first-order chi connectivity index (χ1) is 16.1. The standard InChI is InChI=1S/C29H36F2O2/c1-3-20-5-9-22(10-6-20)23-11-7-21(8-12-23)19-33-25-15-13-24(14-16-25)26-17-18-27(32-4-2)29(31)28(26)30/h3,13-18,20-23H,1,4-12,19H2,2H3. The molecular formula is C29H36F2O2. The van der Waals surface area contributed by atoms with Gasteiger partial charge in [0.25, 0.3) is 0 Å². The molecule has 0 atom stereocenters. The summed E-state index contributed by atoms with van der Waals surface area (Å²) in [6.45, 7) is 6.72. The van der Waals surface area contributed by atoms with Crippen LogP contribution in [0.1, 0.15) is 58.3 Å². The molecule has 4 rings (SSSR count). The van der Waals surface area contributed by atoms with E-state index in [1.165, 1.54) is 57.4 Å². The Bertz CT molecular complexity index is 908. The van der Waals surface area contributed by atoms with Crippen molar-refractivity contribution in [2.24, 2.45) is 23.7 Å². The minimum atomic E-state index is -0.945. The van der Waals surface area contributed by atoms with Gasteiger partial charge in [0.15, 0.2) is 11.6 Å². The summed E-state index contributed by atoms with van der Waals surface area (Å²) in [5.74, 6) is 2.02. The number of hydrogen-bond donors (Lipinski definition) is 0. The normalized spacial score (nSPS) is 25.4. The molecule has 0 aromatic heterocycles. The third-order valence-electron chi connectivity index (χ3n) is 7.71. The van der Waals surface area contributed by atoms with Crippen LogP contribution in [-0.2, 0) is 0 Å². The molecule has 2 nitrogen and oxygen atoms in total. The molecule has 2 saturated carbocycles. The molecule has 2 aromatic rings. The summed E-state index contributed by atoms with van der Waals surface area (Å²) in [6.07, 6.45) is 12.6. The molecule has 2 aliphatic carbocycles. The van der Waals surface area contributed by atoms with Gasteiger partial charge in [0, 0.05) is 5.56 Å². The Hall–Kier alpha value is -2.36. The molecule has 0 aliphatic heterocycles. The number of halogens is 2. The lowest BCUT2D eigenvalue weighted by molar-refractivity contribution is 0.129. The van der Waals surface area contributed by atoms with Crippen molar-refractivity contribution in [1.29, 1.82) is 0 Å². The van der Waals surface area contributed by atoms with Gasteiger partial charge in [-0.15, -0.1) is 6.58 Å². The highest BCUT2D eigenvalue weighted by molar-refractivity contribution is 5.66. The van der Waals surface area contributed by atoms with Crippen molar-refractivity contribution in [2.75, 3.05) is 13.2 Å². The zero-order chi connectivity index (χ0) is 23.2. The van der Waals surface area contributed by atoms with Crippen molar-refractivity contribution in [3.05, 3.63) is 60.7 Å². The van der Waals surface area contributed by atoms with E-state index in [-0.39, 0.29) is 11.3 Å². The second-order valence-corrected chi connectivity index (χ2v) is 9.70. The Balaban J connectivity index is 1.26. The van der Waals surface area contributed by atoms with Gasteiger partial charge in [-0.25, -0.2) is 4.39 Å². The third kappa shape index (κ3) is 5.77. The average molecular weight is 455 g/mol. The average Bonchev–Trinajstić information content (AvgIpc) is 2.87. The minimum Gasteiger partial charge on any atom is -0.493 e. The summed E-state index contributed by atoms with van der Waals surface area (Å²) in [5, 5.41) is 0. The maximum Gasteiger partial charge on any atom is 0.201 e. The first kappa shape index (κ1) is 23.8. The molecule has 0 saturated heterocycles. The van der Waals surface area contributed by atoms with Gasteiger partial charge in [0.05, 0.1) is 13.2 Å². The number of ether oxygens (including phenoxy) is 2. The molecule has 0 N–H and O–H groups in total. The molecular weight excluding hydrogens is 418 g/mol. The van der Waals surface area contributed by atoms with E-state index in [1.807, 2.05) is 12.1 Å². The van der Waals surface area contributed by atoms with Gasteiger partial charge in [0.2, 0.25) is 5.82 Å². The molecule has 0 unspecified atom stereocenters. The van der Waals surface area contributed by atoms with Crippen LogP contribution in [0.15, 0.2) is 49.1 Å². The summed E-state index contributed by atoms with van der Waals surface area (Å²) in [7, 11) is 0. The fourth-order valence-electron chi connectivity index (χ4n) is 5.64. The van der Waals surface area contributed by atoms with Gasteiger partial charge in [-0.05, 0) is 112 Å². The molecule has 0 amide bonds. The van der Waals surface area contributed by atoms with Crippen LogP contribution in [0.2, 0.25) is 0 Å². The maximum atomic E-state index is 14.5. The first-order valence-electron chi connectivity index (χ1n) is 12.6. The minimum absolute atomic E-state index is 0.0575. The van der Waals surface area contributed by atoms with Crippen LogP contribution < -0.4 is 9.47 Å². The maximum absolute atomic E-state index is 14.5. The van der Waals surface area contributed by atoms with E-state index in [1.54, 1.807) is 25.1 Å². The lowest BCUT2D eigenvalue weighted by Gasteiger charge is -2.37. The molecule has 4 heteroatoms. The van der Waals surface area contributed by atoms with Crippen LogP contribution in [0.5, 0.6) is 11.5 Å². The highest BCUT2D eigenvalue weighted by atomic mass is 19.2. The summed E-state index contributed by atoms with van der Waals surface area (Å²) in [6, 6.07) is 10.3. The summed E-state index contributed by atoms with van der Waals surface area (Å²) >= 11 is 0. The van der Waals surface area contributed by atoms with E-state index >= 15 is 0 Å². The predicted octanol–water partition coefficient (Wildman–Crippen LogP) is 8.21. The van der Waals surface area contributed by atoms with Gasteiger partial charge in [-0.2, -0.15) is 4.39 Å². The van der Waals surface area contributed by atoms with E-state index in [0.29, 0.717) is 18.1 Å². The zero-order valence-corrected chi connectivity index (χ0v) is 19.7. The van der Waals surface area contributed by atoms with E-state index < -0.39 is 11.6 Å². The molecule has 0 heterocycles. The predicted molar refractivity (Wildman–Crippen MR) is 130 cm³/mol. The number of hydrogen-bond acceptors (Lipinski definition) is 2. The molecule has 33 heavy (non-hydrogen) atoms. The SMILES string of the molecule is C=CC1CCC(C2CCC(COc3ccc(-c4ccc(OCC)c(F)c4F)cc3)CC2)CC1. The molecule has 2 aliphatic rings. The van der Waals surface area contributed by atoms with Crippen LogP contribution in [0.4, 0.5) is 8.78 Å². The monoisotopic (exact) mass is 454 g/mol. The number of allylic oxidation sites excluding steroid dienone is 1. The smallest absolute Gasteiger partial charge is 0.201 e. The van der Waals surface area contributed by atoms with Gasteiger partial charge in [0.1, 0.15) is 5.75 Å². The highest BCUT2D eigenvalue weighted by Gasteiger charge is 2.30. The Labute approximate surface area is 197 Å². The molecule has 2 aromatic carbocycles. The summed E-state index contributed by atoms with van der Waals surface area (Å²) < 4.78 is 39.8. The lowest BCUT2D eigenvalue weighted by Crippen LogP contribution is -2.27. The van der Waals surface area contributed by atoms with Crippen LogP contribution in [-0.4, -0.2) is 13.2 Å². The van der Waals surface area contributed by atoms with Gasteiger partial charge >= 0.3 is 0 Å². The van der Waals surface area contributed by atoms with Crippen molar-refractivity contribution < 1.29 is 18.3 Å². The van der Waals surface area contributed by atoms with Crippen molar-refractivity contribution in [1.82, 2.24) is 0 Å². The number of rotatable bonds is 8. The summed E-state index contributed by atoms with van der Waals surface area (Å²) in [5.41, 5.74) is 0.844. The van der Waals surface area contributed by atoms with Crippen LogP contribution >= 0.6 is 0 Å². The fourth-order valence-corrected chi connectivity index (χ4v) is 5.64. The Morgan fingerprint density at radius 2 is 1.45 bits per heavy atom. The topological polar surface area (TPSA) is 18.5 Å². The zero-order valence-electron chi connectivity index (χ0n) is 19.7. The first-order valence-corrected chi connectivity index (χ1v) is 12.6. The highest BCUT2D eigenvalue weighted by Crippen LogP contribution is 2.41. The van der Waals surface area contributed by atoms with Crippen molar-refractivity contribution in [3.63, 3.8) is 0 Å². The van der Waals surface area contributed by atoms with Gasteiger partial charge < -0.3 is 9.47 Å². The molecule has 0 radical (unpaired) electrons. The van der Waals surface area contributed by atoms with Crippen LogP contribution in [0.25, 0.3) is 11.1 Å². The fraction of sp³-hybridized carbons (Fsp3) is 0.517. The van der Waals surface area contributed by atoms with E-state index in [2.05, 4.69) is 12.7 Å². The van der Waals surface area contributed by atoms with E-state index in [4.69, 9.17) is 9.47 Å². The molecule has 178 valence electrons. The quantitative estimate of drug-likeness (QED) is 0.374. The molecule has 2 fully saturated rings. The van der Waals surface area contributed by atoms with E-state index in [0.717, 1.165) is 30.1 Å². The van der Waals surface area contributed by atoms with Crippen molar-refractivity contribution in [3.8, 4) is 22.6 Å². The van der Waals surface area contributed by atoms with Gasteiger partial charge in [-0.3, -0.25) is 0 Å². The Kier molecular flexibility index (Phi) is 8.06. The Morgan fingerprint density at radius 1 is 0.818 bits per heavy atom. The van der Waals surface area contributed by atoms with Crippen LogP contribution in [0.3, 0.4) is 0 Å². The summed E-state index contributed by atoms with van der Waals surface area (Å²) in [4.78, 5) is 0. The third-order valence-corrected chi connectivity index (χ3v) is 7.71. The van der Waals surface area contributed by atoms with Crippen molar-refractivity contribution in [2.45, 2.75) is 58.3 Å². The van der Waals surface area contributed by atoms with E-state index in [9.17, 15) is 8.78 Å². The van der Waals surface area contributed by atoms with Crippen molar-refractivity contribution >= 4 is 0 Å². The van der Waals surface area contributed by atoms with Gasteiger partial charge in [-0.1, -0.05) is 18.2 Å². The second-order valence-electron chi connectivity index (χ2n) is 9.70. The molecule has 0 spiro atoms.